The number of carboxylic acid groups (broad SMARTS) is 1. The molecule has 2 rings (SSSR count). The minimum absolute atomic E-state index is 0.191. The Balaban J connectivity index is 2.04. The number of carbonyl (C=O) groups excluding carboxylic acids is 1. The van der Waals surface area contributed by atoms with Crippen molar-refractivity contribution in [2.24, 2.45) is 5.92 Å². The van der Waals surface area contributed by atoms with Crippen LogP contribution >= 0.6 is 0 Å². The van der Waals surface area contributed by atoms with Gasteiger partial charge in [0.15, 0.2) is 0 Å². The normalized spacial score (nSPS) is 15.0. The lowest BCUT2D eigenvalue weighted by molar-refractivity contribution is -0.141. The highest BCUT2D eigenvalue weighted by atomic mass is 16.4. The van der Waals surface area contributed by atoms with Gasteiger partial charge in [-0.3, -0.25) is 4.79 Å². The van der Waals surface area contributed by atoms with Gasteiger partial charge in [-0.05, 0) is 42.9 Å². The molecule has 0 saturated heterocycles. The molecule has 1 aromatic carbocycles. The molecule has 21 heavy (non-hydrogen) atoms. The predicted octanol–water partition coefficient (Wildman–Crippen LogP) is 2.75. The van der Waals surface area contributed by atoms with Crippen LogP contribution < -0.4 is 5.32 Å². The van der Waals surface area contributed by atoms with E-state index in [0.29, 0.717) is 0 Å². The summed E-state index contributed by atoms with van der Waals surface area (Å²) in [6, 6.07) is 5.72. The first kappa shape index (κ1) is 15.4. The number of nitrogens with zero attached hydrogens (tertiary/aromatic N) is 1. The molecule has 0 fully saturated rings. The number of hydrogen-bond acceptors (Lipinski definition) is 2. The van der Waals surface area contributed by atoms with Crippen LogP contribution in [0.5, 0.6) is 0 Å². The minimum atomic E-state index is -0.897. The lowest BCUT2D eigenvalue weighted by atomic mass is 9.90. The summed E-state index contributed by atoms with van der Waals surface area (Å²) >= 11 is 0. The summed E-state index contributed by atoms with van der Waals surface area (Å²) < 4.78 is 0. The summed E-state index contributed by atoms with van der Waals surface area (Å²) in [5.41, 5.74) is 3.38. The number of benzene rings is 1. The maximum Gasteiger partial charge on any atom is 0.321 e. The number of aliphatic carboxylic acids is 1. The Morgan fingerprint density at radius 2 is 2.05 bits per heavy atom. The van der Waals surface area contributed by atoms with Gasteiger partial charge in [0.25, 0.3) is 0 Å². The molecule has 0 saturated carbocycles. The van der Waals surface area contributed by atoms with Gasteiger partial charge in [-0.2, -0.15) is 0 Å². The summed E-state index contributed by atoms with van der Waals surface area (Å²) in [6.07, 6.45) is 4.39. The van der Waals surface area contributed by atoms with Crippen molar-refractivity contribution in [3.63, 3.8) is 0 Å². The highest BCUT2D eigenvalue weighted by Crippen LogP contribution is 2.27. The van der Waals surface area contributed by atoms with Gasteiger partial charge in [0.05, 0.1) is 5.92 Å². The second-order valence-corrected chi connectivity index (χ2v) is 5.70. The van der Waals surface area contributed by atoms with E-state index in [2.05, 4.69) is 11.4 Å². The Kier molecular flexibility index (Phi) is 4.83. The summed E-state index contributed by atoms with van der Waals surface area (Å²) in [5.74, 6) is -1.47. The van der Waals surface area contributed by atoms with E-state index in [1.54, 1.807) is 14.0 Å². The molecule has 2 amide bonds. The molecular formula is C16H22N2O3. The highest BCUT2D eigenvalue weighted by molar-refractivity contribution is 5.90. The van der Waals surface area contributed by atoms with Crippen molar-refractivity contribution in [2.45, 2.75) is 32.6 Å². The van der Waals surface area contributed by atoms with E-state index in [4.69, 9.17) is 5.11 Å². The number of anilines is 1. The Bertz CT molecular complexity index is 542. The zero-order valence-corrected chi connectivity index (χ0v) is 12.6. The van der Waals surface area contributed by atoms with Crippen LogP contribution in [0.3, 0.4) is 0 Å². The molecule has 0 heterocycles. The fraction of sp³-hybridized carbons (Fsp3) is 0.500. The second kappa shape index (κ2) is 6.61. The summed E-state index contributed by atoms with van der Waals surface area (Å²) in [7, 11) is 1.62. The molecule has 0 aliphatic heterocycles. The maximum atomic E-state index is 12.2. The molecule has 114 valence electrons. The number of fused-ring (bicyclic) bond motifs is 1. The van der Waals surface area contributed by atoms with E-state index < -0.39 is 11.9 Å². The lowest BCUT2D eigenvalue weighted by Gasteiger charge is -2.23. The van der Waals surface area contributed by atoms with Gasteiger partial charge in [0.2, 0.25) is 0 Å². The Labute approximate surface area is 125 Å². The van der Waals surface area contributed by atoms with Crippen LogP contribution in [-0.4, -0.2) is 35.6 Å². The van der Waals surface area contributed by atoms with Gasteiger partial charge in [0, 0.05) is 19.3 Å². The van der Waals surface area contributed by atoms with Crippen LogP contribution in [0.15, 0.2) is 18.2 Å². The standard InChI is InChI=1S/C16H22N2O3/c1-11(15(19)20)10-18(2)16(21)17-14-9-5-7-12-6-3-4-8-13(12)14/h5,7,9,11H,3-4,6,8,10H2,1-2H3,(H,17,21)(H,19,20). The third-order valence-electron chi connectivity index (χ3n) is 3.95. The smallest absolute Gasteiger partial charge is 0.321 e. The van der Waals surface area contributed by atoms with E-state index in [1.165, 1.54) is 22.4 Å². The third-order valence-corrected chi connectivity index (χ3v) is 3.95. The van der Waals surface area contributed by atoms with Crippen LogP contribution in [0.2, 0.25) is 0 Å². The van der Waals surface area contributed by atoms with Crippen LogP contribution in [0.25, 0.3) is 0 Å². The number of amides is 2. The molecule has 2 N–H and O–H groups in total. The lowest BCUT2D eigenvalue weighted by Crippen LogP contribution is -2.36. The molecule has 0 radical (unpaired) electrons. The Morgan fingerprint density at radius 1 is 1.33 bits per heavy atom. The first-order valence-electron chi connectivity index (χ1n) is 7.34. The van der Waals surface area contributed by atoms with Crippen LogP contribution in [0.1, 0.15) is 30.9 Å². The third kappa shape index (κ3) is 3.74. The molecule has 1 aromatic rings. The van der Waals surface area contributed by atoms with Crippen molar-refractivity contribution in [3.05, 3.63) is 29.3 Å². The SMILES string of the molecule is CC(CN(C)C(=O)Nc1cccc2c1CCCC2)C(=O)O. The van der Waals surface area contributed by atoms with Crippen LogP contribution in [0, 0.1) is 5.92 Å². The van der Waals surface area contributed by atoms with E-state index in [9.17, 15) is 9.59 Å². The molecule has 1 aliphatic carbocycles. The second-order valence-electron chi connectivity index (χ2n) is 5.70. The number of carbonyl (C=O) groups is 2. The predicted molar refractivity (Wildman–Crippen MR) is 81.5 cm³/mol. The van der Waals surface area contributed by atoms with Gasteiger partial charge in [-0.15, -0.1) is 0 Å². The molecule has 0 spiro atoms. The first-order chi connectivity index (χ1) is 9.99. The molecular weight excluding hydrogens is 268 g/mol. The van der Waals surface area contributed by atoms with E-state index in [0.717, 1.165) is 24.9 Å². The van der Waals surface area contributed by atoms with Crippen molar-refractivity contribution in [1.29, 1.82) is 0 Å². The molecule has 5 nitrogen and oxygen atoms in total. The van der Waals surface area contributed by atoms with Crippen LogP contribution in [-0.2, 0) is 17.6 Å². The average molecular weight is 290 g/mol. The summed E-state index contributed by atoms with van der Waals surface area (Å²) in [5, 5.41) is 11.8. The Hall–Kier alpha value is -2.04. The van der Waals surface area contributed by atoms with E-state index in [1.807, 2.05) is 12.1 Å². The van der Waals surface area contributed by atoms with Crippen LogP contribution in [0.4, 0.5) is 10.5 Å². The molecule has 1 aliphatic rings. The first-order valence-corrected chi connectivity index (χ1v) is 7.34. The van der Waals surface area contributed by atoms with E-state index in [-0.39, 0.29) is 12.6 Å². The molecule has 5 heteroatoms. The van der Waals surface area contributed by atoms with E-state index >= 15 is 0 Å². The van der Waals surface area contributed by atoms with Gasteiger partial charge in [-0.1, -0.05) is 19.1 Å². The van der Waals surface area contributed by atoms with Crippen molar-refractivity contribution >= 4 is 17.7 Å². The number of rotatable bonds is 4. The summed E-state index contributed by atoms with van der Waals surface area (Å²) in [4.78, 5) is 24.4. The fourth-order valence-electron chi connectivity index (χ4n) is 2.68. The van der Waals surface area contributed by atoms with Crippen molar-refractivity contribution < 1.29 is 14.7 Å². The quantitative estimate of drug-likeness (QED) is 0.895. The zero-order chi connectivity index (χ0) is 15.4. The number of aryl methyl sites for hydroxylation is 1. The number of carboxylic acids is 1. The Morgan fingerprint density at radius 3 is 2.76 bits per heavy atom. The molecule has 0 bridgehead atoms. The van der Waals surface area contributed by atoms with Gasteiger partial charge >= 0.3 is 12.0 Å². The zero-order valence-electron chi connectivity index (χ0n) is 12.6. The number of nitrogens with one attached hydrogen (secondary N) is 1. The minimum Gasteiger partial charge on any atom is -0.481 e. The van der Waals surface area contributed by atoms with Crippen molar-refractivity contribution in [2.75, 3.05) is 18.9 Å². The molecule has 1 unspecified atom stereocenters. The molecule has 0 aromatic heterocycles. The van der Waals surface area contributed by atoms with Gasteiger partial charge in [-0.25, -0.2) is 4.79 Å². The average Bonchev–Trinajstić information content (AvgIpc) is 2.47. The monoisotopic (exact) mass is 290 g/mol. The fourth-order valence-corrected chi connectivity index (χ4v) is 2.68. The van der Waals surface area contributed by atoms with Gasteiger partial charge in [0.1, 0.15) is 0 Å². The highest BCUT2D eigenvalue weighted by Gasteiger charge is 2.19. The summed E-state index contributed by atoms with van der Waals surface area (Å²) in [6.45, 7) is 1.78. The number of hydrogen-bond donors (Lipinski definition) is 2. The maximum absolute atomic E-state index is 12.2. The number of urea groups is 1. The van der Waals surface area contributed by atoms with Crippen molar-refractivity contribution in [1.82, 2.24) is 4.90 Å². The van der Waals surface area contributed by atoms with Gasteiger partial charge < -0.3 is 15.3 Å². The molecule has 1 atom stereocenters. The largest absolute Gasteiger partial charge is 0.481 e. The van der Waals surface area contributed by atoms with Crippen molar-refractivity contribution in [3.8, 4) is 0 Å². The topological polar surface area (TPSA) is 69.6 Å².